The lowest BCUT2D eigenvalue weighted by Crippen LogP contribution is -2.22. The average Bonchev–Trinajstić information content (AvgIpc) is 2.36. The van der Waals surface area contributed by atoms with E-state index in [0.29, 0.717) is 12.4 Å². The smallest absolute Gasteiger partial charge is 0.234 e. The Hall–Kier alpha value is -1.77. The van der Waals surface area contributed by atoms with Gasteiger partial charge in [0.15, 0.2) is 0 Å². The molecule has 0 saturated carbocycles. The quantitative estimate of drug-likeness (QED) is 0.684. The van der Waals surface area contributed by atoms with Crippen molar-refractivity contribution in [3.8, 4) is 5.75 Å². The average molecular weight is 189 g/mol. The van der Waals surface area contributed by atoms with Gasteiger partial charge in [-0.05, 0) is 12.1 Å². The normalized spacial score (nSPS) is 20.0. The van der Waals surface area contributed by atoms with E-state index < -0.39 is 0 Å². The summed E-state index contributed by atoms with van der Waals surface area (Å²) in [6, 6.07) is 7.38. The summed E-state index contributed by atoms with van der Waals surface area (Å²) < 4.78 is 5.47. The minimum Gasteiger partial charge on any atom is -0.490 e. The summed E-state index contributed by atoms with van der Waals surface area (Å²) in [7, 11) is 0. The SMILES string of the molecule is C=C[C@H]1COc2ccccc2NC1=O. The number of carbonyl (C=O) groups excluding carboxylic acids is 1. The van der Waals surface area contributed by atoms with Crippen LogP contribution in [0.3, 0.4) is 0 Å². The number of carbonyl (C=O) groups is 1. The molecule has 1 aromatic carbocycles. The van der Waals surface area contributed by atoms with Gasteiger partial charge in [-0.15, -0.1) is 6.58 Å². The highest BCUT2D eigenvalue weighted by Crippen LogP contribution is 2.27. The molecule has 14 heavy (non-hydrogen) atoms. The van der Waals surface area contributed by atoms with Gasteiger partial charge in [0.2, 0.25) is 5.91 Å². The number of hydrogen-bond acceptors (Lipinski definition) is 2. The molecule has 0 bridgehead atoms. The fourth-order valence-electron chi connectivity index (χ4n) is 1.35. The van der Waals surface area contributed by atoms with Crippen molar-refractivity contribution in [1.29, 1.82) is 0 Å². The van der Waals surface area contributed by atoms with Crippen LogP contribution in [0.5, 0.6) is 5.75 Å². The van der Waals surface area contributed by atoms with E-state index in [4.69, 9.17) is 4.74 Å². The molecule has 72 valence electrons. The van der Waals surface area contributed by atoms with E-state index in [1.54, 1.807) is 6.08 Å². The van der Waals surface area contributed by atoms with E-state index in [-0.39, 0.29) is 11.8 Å². The number of para-hydroxylation sites is 2. The molecular weight excluding hydrogens is 178 g/mol. The van der Waals surface area contributed by atoms with Crippen LogP contribution >= 0.6 is 0 Å². The highest BCUT2D eigenvalue weighted by Gasteiger charge is 2.21. The molecule has 0 fully saturated rings. The summed E-state index contributed by atoms with van der Waals surface area (Å²) in [5, 5.41) is 2.79. The van der Waals surface area contributed by atoms with Crippen LogP contribution < -0.4 is 10.1 Å². The van der Waals surface area contributed by atoms with Gasteiger partial charge in [0.1, 0.15) is 12.4 Å². The van der Waals surface area contributed by atoms with Crippen LogP contribution in [-0.4, -0.2) is 12.5 Å². The minimum atomic E-state index is -0.276. The van der Waals surface area contributed by atoms with Crippen LogP contribution in [0.1, 0.15) is 0 Å². The van der Waals surface area contributed by atoms with Gasteiger partial charge in [-0.2, -0.15) is 0 Å². The molecule has 0 unspecified atom stereocenters. The number of nitrogens with one attached hydrogen (secondary N) is 1. The molecular formula is C11H11NO2. The molecule has 0 aliphatic carbocycles. The Morgan fingerprint density at radius 2 is 2.29 bits per heavy atom. The zero-order valence-electron chi connectivity index (χ0n) is 7.69. The fraction of sp³-hybridized carbons (Fsp3) is 0.182. The molecule has 3 heteroatoms. The van der Waals surface area contributed by atoms with Crippen molar-refractivity contribution < 1.29 is 9.53 Å². The van der Waals surface area contributed by atoms with E-state index >= 15 is 0 Å². The molecule has 2 rings (SSSR count). The third-order valence-corrected chi connectivity index (χ3v) is 2.18. The molecule has 1 amide bonds. The Labute approximate surface area is 82.4 Å². The van der Waals surface area contributed by atoms with Crippen molar-refractivity contribution in [2.75, 3.05) is 11.9 Å². The summed E-state index contributed by atoms with van der Waals surface area (Å²) in [6.07, 6.45) is 1.60. The van der Waals surface area contributed by atoms with Crippen molar-refractivity contribution >= 4 is 11.6 Å². The van der Waals surface area contributed by atoms with Crippen LogP contribution in [0.2, 0.25) is 0 Å². The van der Waals surface area contributed by atoms with Crippen molar-refractivity contribution in [2.24, 2.45) is 5.92 Å². The summed E-state index contributed by atoms with van der Waals surface area (Å²) in [5.41, 5.74) is 0.724. The third-order valence-electron chi connectivity index (χ3n) is 2.18. The summed E-state index contributed by atoms with van der Waals surface area (Å²) in [6.45, 7) is 3.95. The first-order valence-corrected chi connectivity index (χ1v) is 4.46. The van der Waals surface area contributed by atoms with Gasteiger partial charge >= 0.3 is 0 Å². The topological polar surface area (TPSA) is 38.3 Å². The molecule has 1 N–H and O–H groups in total. The first-order valence-electron chi connectivity index (χ1n) is 4.46. The second kappa shape index (κ2) is 3.54. The first kappa shape index (κ1) is 8.81. The Bertz CT molecular complexity index is 373. The van der Waals surface area contributed by atoms with Crippen molar-refractivity contribution in [3.63, 3.8) is 0 Å². The number of rotatable bonds is 1. The van der Waals surface area contributed by atoms with Crippen LogP contribution in [0.15, 0.2) is 36.9 Å². The predicted octanol–water partition coefficient (Wildman–Crippen LogP) is 1.82. The van der Waals surface area contributed by atoms with E-state index in [9.17, 15) is 4.79 Å². The summed E-state index contributed by atoms with van der Waals surface area (Å²) >= 11 is 0. The van der Waals surface area contributed by atoms with Crippen molar-refractivity contribution in [1.82, 2.24) is 0 Å². The molecule has 0 aromatic heterocycles. The fourth-order valence-corrected chi connectivity index (χ4v) is 1.35. The zero-order chi connectivity index (χ0) is 9.97. The lowest BCUT2D eigenvalue weighted by Gasteiger charge is -2.05. The minimum absolute atomic E-state index is 0.0649. The van der Waals surface area contributed by atoms with Crippen LogP contribution in [-0.2, 0) is 4.79 Å². The van der Waals surface area contributed by atoms with E-state index in [2.05, 4.69) is 11.9 Å². The monoisotopic (exact) mass is 189 g/mol. The third kappa shape index (κ3) is 1.48. The molecule has 3 nitrogen and oxygen atoms in total. The molecule has 1 aliphatic heterocycles. The number of fused-ring (bicyclic) bond motifs is 1. The number of anilines is 1. The Balaban J connectivity index is 2.32. The van der Waals surface area contributed by atoms with Gasteiger partial charge in [0.05, 0.1) is 11.6 Å². The summed E-state index contributed by atoms with van der Waals surface area (Å²) in [4.78, 5) is 11.5. The lowest BCUT2D eigenvalue weighted by molar-refractivity contribution is -0.118. The maximum atomic E-state index is 11.5. The Morgan fingerprint density at radius 1 is 1.50 bits per heavy atom. The van der Waals surface area contributed by atoms with Gasteiger partial charge in [0, 0.05) is 0 Å². The number of hydrogen-bond donors (Lipinski definition) is 1. The highest BCUT2D eigenvalue weighted by molar-refractivity contribution is 5.95. The zero-order valence-corrected chi connectivity index (χ0v) is 7.69. The van der Waals surface area contributed by atoms with Gasteiger partial charge in [-0.25, -0.2) is 0 Å². The standard InChI is InChI=1S/C11H11NO2/c1-2-8-7-14-10-6-4-3-5-9(10)12-11(8)13/h2-6,8H,1,7H2,(H,12,13)/t8-/m0/s1. The number of benzene rings is 1. The van der Waals surface area contributed by atoms with Gasteiger partial charge in [0.25, 0.3) is 0 Å². The molecule has 1 heterocycles. The first-order chi connectivity index (χ1) is 6.81. The van der Waals surface area contributed by atoms with Gasteiger partial charge in [-0.1, -0.05) is 18.2 Å². The predicted molar refractivity (Wildman–Crippen MR) is 54.3 cm³/mol. The van der Waals surface area contributed by atoms with Gasteiger partial charge in [-0.3, -0.25) is 4.79 Å². The molecule has 1 aromatic rings. The van der Waals surface area contributed by atoms with Gasteiger partial charge < -0.3 is 10.1 Å². The lowest BCUT2D eigenvalue weighted by atomic mass is 10.1. The second-order valence-corrected chi connectivity index (χ2v) is 3.14. The second-order valence-electron chi connectivity index (χ2n) is 3.14. The van der Waals surface area contributed by atoms with E-state index in [1.807, 2.05) is 24.3 Å². The molecule has 0 spiro atoms. The van der Waals surface area contributed by atoms with Crippen LogP contribution in [0.4, 0.5) is 5.69 Å². The van der Waals surface area contributed by atoms with Crippen LogP contribution in [0, 0.1) is 5.92 Å². The molecule has 1 atom stereocenters. The largest absolute Gasteiger partial charge is 0.490 e. The number of ether oxygens (including phenoxy) is 1. The summed E-state index contributed by atoms with van der Waals surface area (Å²) in [5.74, 6) is 0.373. The Morgan fingerprint density at radius 3 is 3.07 bits per heavy atom. The van der Waals surface area contributed by atoms with Crippen LogP contribution in [0.25, 0.3) is 0 Å². The molecule has 0 saturated heterocycles. The van der Waals surface area contributed by atoms with E-state index in [0.717, 1.165) is 5.69 Å². The Kier molecular flexibility index (Phi) is 2.23. The van der Waals surface area contributed by atoms with E-state index in [1.165, 1.54) is 0 Å². The van der Waals surface area contributed by atoms with Crippen molar-refractivity contribution in [2.45, 2.75) is 0 Å². The maximum Gasteiger partial charge on any atom is 0.234 e. The highest BCUT2D eigenvalue weighted by atomic mass is 16.5. The number of amides is 1. The van der Waals surface area contributed by atoms with Crippen molar-refractivity contribution in [3.05, 3.63) is 36.9 Å². The maximum absolute atomic E-state index is 11.5. The molecule has 1 aliphatic rings. The molecule has 0 radical (unpaired) electrons.